The van der Waals surface area contributed by atoms with Gasteiger partial charge in [-0.2, -0.15) is 0 Å². The molecule has 0 aliphatic rings. The average molecular weight is 299 g/mol. The first-order chi connectivity index (χ1) is 10.6. The largest absolute Gasteiger partial charge is 0.493 e. The van der Waals surface area contributed by atoms with Crippen molar-refractivity contribution in [3.8, 4) is 5.75 Å². The van der Waals surface area contributed by atoms with Crippen molar-refractivity contribution < 1.29 is 13.9 Å². The molecule has 1 N–H and O–H groups in total. The van der Waals surface area contributed by atoms with E-state index in [-0.39, 0.29) is 11.7 Å². The van der Waals surface area contributed by atoms with Crippen LogP contribution in [-0.2, 0) is 4.79 Å². The Balaban J connectivity index is 2.10. The zero-order chi connectivity index (χ0) is 15.9. The molecule has 3 nitrogen and oxygen atoms in total. The summed E-state index contributed by atoms with van der Waals surface area (Å²) in [6.45, 7) is 4.27. The van der Waals surface area contributed by atoms with Gasteiger partial charge < -0.3 is 10.1 Å². The lowest BCUT2D eigenvalue weighted by molar-refractivity contribution is -0.111. The van der Waals surface area contributed by atoms with Gasteiger partial charge in [0.2, 0.25) is 5.91 Å². The zero-order valence-electron chi connectivity index (χ0n) is 12.6. The molecule has 4 heteroatoms. The third kappa shape index (κ3) is 4.19. The molecule has 0 fully saturated rings. The smallest absolute Gasteiger partial charge is 0.248 e. The highest BCUT2D eigenvalue weighted by atomic mass is 19.1. The molecule has 2 aromatic rings. The number of benzene rings is 2. The van der Waals surface area contributed by atoms with Crippen LogP contribution in [0.15, 0.2) is 48.5 Å². The standard InChI is InChI=1S/C18H18FNO2/c1-3-22-17-7-5-4-6-14(17)9-11-18(21)20-16-12-15(19)10-8-13(16)2/h4-12H,3H2,1-2H3,(H,20,21)/b11-9+. The summed E-state index contributed by atoms with van der Waals surface area (Å²) in [6.07, 6.45) is 3.08. The van der Waals surface area contributed by atoms with Gasteiger partial charge in [-0.1, -0.05) is 24.3 Å². The molecular formula is C18H18FNO2. The molecule has 0 aliphatic heterocycles. The van der Waals surface area contributed by atoms with Gasteiger partial charge in [0, 0.05) is 17.3 Å². The lowest BCUT2D eigenvalue weighted by atomic mass is 10.1. The summed E-state index contributed by atoms with van der Waals surface area (Å²) >= 11 is 0. The molecule has 0 heterocycles. The highest BCUT2D eigenvalue weighted by Crippen LogP contribution is 2.20. The van der Waals surface area contributed by atoms with Gasteiger partial charge >= 0.3 is 0 Å². The number of para-hydroxylation sites is 1. The number of anilines is 1. The number of aryl methyl sites for hydroxylation is 1. The van der Waals surface area contributed by atoms with Crippen LogP contribution < -0.4 is 10.1 Å². The van der Waals surface area contributed by atoms with Gasteiger partial charge in [0.25, 0.3) is 0 Å². The summed E-state index contributed by atoms with van der Waals surface area (Å²) in [6, 6.07) is 11.7. The summed E-state index contributed by atoms with van der Waals surface area (Å²) in [5, 5.41) is 2.67. The third-order valence-corrected chi connectivity index (χ3v) is 3.09. The van der Waals surface area contributed by atoms with Crippen molar-refractivity contribution in [1.29, 1.82) is 0 Å². The number of carbonyl (C=O) groups is 1. The Bertz CT molecular complexity index is 695. The maximum Gasteiger partial charge on any atom is 0.248 e. The molecule has 114 valence electrons. The first kappa shape index (κ1) is 15.8. The lowest BCUT2D eigenvalue weighted by Crippen LogP contribution is -2.09. The van der Waals surface area contributed by atoms with Crippen molar-refractivity contribution >= 4 is 17.7 Å². The Morgan fingerprint density at radius 3 is 2.82 bits per heavy atom. The Morgan fingerprint density at radius 1 is 1.27 bits per heavy atom. The van der Waals surface area contributed by atoms with Crippen molar-refractivity contribution in [1.82, 2.24) is 0 Å². The Kier molecular flexibility index (Phi) is 5.31. The number of halogens is 1. The Morgan fingerprint density at radius 2 is 2.05 bits per heavy atom. The molecule has 0 aliphatic carbocycles. The van der Waals surface area contributed by atoms with Crippen LogP contribution in [0.3, 0.4) is 0 Å². The third-order valence-electron chi connectivity index (χ3n) is 3.09. The van der Waals surface area contributed by atoms with Crippen LogP contribution >= 0.6 is 0 Å². The number of ether oxygens (including phenoxy) is 1. The van der Waals surface area contributed by atoms with Gasteiger partial charge in [0.05, 0.1) is 6.61 Å². The van der Waals surface area contributed by atoms with Gasteiger partial charge in [0.15, 0.2) is 0 Å². The predicted molar refractivity (Wildman–Crippen MR) is 86.4 cm³/mol. The van der Waals surface area contributed by atoms with Gasteiger partial charge in [-0.25, -0.2) is 4.39 Å². The average Bonchev–Trinajstić information content (AvgIpc) is 2.50. The van der Waals surface area contributed by atoms with E-state index in [4.69, 9.17) is 4.74 Å². The molecule has 0 aromatic heterocycles. The Hall–Kier alpha value is -2.62. The van der Waals surface area contributed by atoms with E-state index in [0.29, 0.717) is 12.3 Å². The van der Waals surface area contributed by atoms with Gasteiger partial charge in [-0.05, 0) is 43.7 Å². The summed E-state index contributed by atoms with van der Waals surface area (Å²) in [5.41, 5.74) is 2.08. The highest BCUT2D eigenvalue weighted by molar-refractivity contribution is 6.02. The number of hydrogen-bond donors (Lipinski definition) is 1. The van der Waals surface area contributed by atoms with Crippen molar-refractivity contribution in [3.05, 3.63) is 65.5 Å². The molecular weight excluding hydrogens is 281 g/mol. The van der Waals surface area contributed by atoms with Gasteiger partial charge in [-0.3, -0.25) is 4.79 Å². The molecule has 2 aromatic carbocycles. The van der Waals surface area contributed by atoms with Crippen LogP contribution in [0.2, 0.25) is 0 Å². The van der Waals surface area contributed by atoms with E-state index in [2.05, 4.69) is 5.32 Å². The summed E-state index contributed by atoms with van der Waals surface area (Å²) in [7, 11) is 0. The lowest BCUT2D eigenvalue weighted by Gasteiger charge is -2.07. The minimum absolute atomic E-state index is 0.319. The predicted octanol–water partition coefficient (Wildman–Crippen LogP) is 4.18. The SMILES string of the molecule is CCOc1ccccc1/C=C/C(=O)Nc1cc(F)ccc1C. The van der Waals surface area contributed by atoms with Crippen molar-refractivity contribution in [2.75, 3.05) is 11.9 Å². The van der Waals surface area contributed by atoms with E-state index < -0.39 is 0 Å². The van der Waals surface area contributed by atoms with Crippen LogP contribution in [0.1, 0.15) is 18.1 Å². The number of hydrogen-bond acceptors (Lipinski definition) is 2. The van der Waals surface area contributed by atoms with E-state index in [1.54, 1.807) is 12.1 Å². The maximum absolute atomic E-state index is 13.2. The van der Waals surface area contributed by atoms with E-state index in [1.807, 2.05) is 38.1 Å². The minimum Gasteiger partial charge on any atom is -0.493 e. The van der Waals surface area contributed by atoms with Crippen molar-refractivity contribution in [2.24, 2.45) is 0 Å². The fourth-order valence-corrected chi connectivity index (χ4v) is 1.97. The Labute approximate surface area is 129 Å². The minimum atomic E-state index is -0.383. The fourth-order valence-electron chi connectivity index (χ4n) is 1.97. The summed E-state index contributed by atoms with van der Waals surface area (Å²) < 4.78 is 18.7. The highest BCUT2D eigenvalue weighted by Gasteiger charge is 2.04. The van der Waals surface area contributed by atoms with Crippen LogP contribution in [0, 0.1) is 12.7 Å². The van der Waals surface area contributed by atoms with Crippen molar-refractivity contribution in [3.63, 3.8) is 0 Å². The van der Waals surface area contributed by atoms with E-state index in [9.17, 15) is 9.18 Å². The first-order valence-electron chi connectivity index (χ1n) is 7.07. The number of amides is 1. The maximum atomic E-state index is 13.2. The van der Waals surface area contributed by atoms with E-state index >= 15 is 0 Å². The topological polar surface area (TPSA) is 38.3 Å². The molecule has 0 unspecified atom stereocenters. The number of carbonyl (C=O) groups excluding carboxylic acids is 1. The molecule has 0 saturated heterocycles. The van der Waals surface area contributed by atoms with Gasteiger partial charge in [-0.15, -0.1) is 0 Å². The summed E-state index contributed by atoms with van der Waals surface area (Å²) in [4.78, 5) is 12.0. The van der Waals surface area contributed by atoms with E-state index in [0.717, 1.165) is 16.9 Å². The fraction of sp³-hybridized carbons (Fsp3) is 0.167. The van der Waals surface area contributed by atoms with Crippen LogP contribution in [-0.4, -0.2) is 12.5 Å². The quantitative estimate of drug-likeness (QED) is 0.841. The molecule has 0 spiro atoms. The molecule has 0 bridgehead atoms. The number of nitrogens with one attached hydrogen (secondary N) is 1. The second-order valence-corrected chi connectivity index (χ2v) is 4.75. The first-order valence-corrected chi connectivity index (χ1v) is 7.07. The zero-order valence-corrected chi connectivity index (χ0v) is 12.6. The van der Waals surface area contributed by atoms with E-state index in [1.165, 1.54) is 18.2 Å². The van der Waals surface area contributed by atoms with Gasteiger partial charge in [0.1, 0.15) is 11.6 Å². The normalized spacial score (nSPS) is 10.7. The second-order valence-electron chi connectivity index (χ2n) is 4.75. The van der Waals surface area contributed by atoms with Crippen molar-refractivity contribution in [2.45, 2.75) is 13.8 Å². The van der Waals surface area contributed by atoms with Crippen LogP contribution in [0.4, 0.5) is 10.1 Å². The second kappa shape index (κ2) is 7.41. The molecule has 0 atom stereocenters. The molecule has 1 amide bonds. The molecule has 0 radical (unpaired) electrons. The molecule has 22 heavy (non-hydrogen) atoms. The summed E-state index contributed by atoms with van der Waals surface area (Å²) in [5.74, 6) is 0.0163. The molecule has 2 rings (SSSR count). The number of rotatable bonds is 5. The molecule has 0 saturated carbocycles. The monoisotopic (exact) mass is 299 g/mol. The van der Waals surface area contributed by atoms with Crippen LogP contribution in [0.25, 0.3) is 6.08 Å². The van der Waals surface area contributed by atoms with Crippen LogP contribution in [0.5, 0.6) is 5.75 Å².